The Morgan fingerprint density at radius 3 is 2.59 bits per heavy atom. The van der Waals surface area contributed by atoms with Gasteiger partial charge in [0, 0.05) is 39.1 Å². The molecule has 3 N–H and O–H groups in total. The molecule has 1 aromatic rings. The molecule has 6 nitrogen and oxygen atoms in total. The number of aromatic nitrogens is 1. The van der Waals surface area contributed by atoms with Gasteiger partial charge in [0.2, 0.25) is 0 Å². The summed E-state index contributed by atoms with van der Waals surface area (Å²) in [4.78, 5) is 2.64. The maximum Gasteiger partial charge on any atom is 0.254 e. The fourth-order valence-electron chi connectivity index (χ4n) is 1.59. The molecule has 0 amide bonds. The zero-order chi connectivity index (χ0) is 13.1. The first-order chi connectivity index (χ1) is 7.90. The minimum atomic E-state index is -3.49. The van der Waals surface area contributed by atoms with Crippen molar-refractivity contribution in [2.24, 2.45) is 5.73 Å². The molecule has 1 heterocycles. The van der Waals surface area contributed by atoms with Crippen LogP contribution in [0.25, 0.3) is 0 Å². The molecule has 1 rings (SSSR count). The van der Waals surface area contributed by atoms with Crippen LogP contribution in [0.4, 0.5) is 0 Å². The summed E-state index contributed by atoms with van der Waals surface area (Å²) in [6.07, 6.45) is 2.56. The minimum absolute atomic E-state index is 0.250. The summed E-state index contributed by atoms with van der Waals surface area (Å²) in [5, 5.41) is 1.40. The lowest BCUT2D eigenvalue weighted by Gasteiger charge is -2.10. The van der Waals surface area contributed by atoms with E-state index < -0.39 is 10.0 Å². The zero-order valence-corrected chi connectivity index (χ0v) is 11.3. The zero-order valence-electron chi connectivity index (χ0n) is 10.5. The Morgan fingerprint density at radius 2 is 2.12 bits per heavy atom. The van der Waals surface area contributed by atoms with E-state index >= 15 is 0 Å². The van der Waals surface area contributed by atoms with E-state index in [-0.39, 0.29) is 4.90 Å². The Kier molecular flexibility index (Phi) is 4.70. The largest absolute Gasteiger partial charge is 0.349 e. The number of nitrogens with zero attached hydrogens (tertiary/aromatic N) is 2. The van der Waals surface area contributed by atoms with Gasteiger partial charge in [-0.15, -0.1) is 4.83 Å². The molecule has 0 aliphatic heterocycles. The third-order valence-corrected chi connectivity index (χ3v) is 3.70. The number of hydrazine groups is 1. The van der Waals surface area contributed by atoms with Crippen LogP contribution in [-0.2, 0) is 23.1 Å². The molecule has 0 radical (unpaired) electrons. The predicted octanol–water partition coefficient (Wildman–Crippen LogP) is 0.112. The summed E-state index contributed by atoms with van der Waals surface area (Å²) in [5.41, 5.74) is 6.42. The first kappa shape index (κ1) is 14.2. The highest BCUT2D eigenvalue weighted by atomic mass is 32.2. The Labute approximate surface area is 102 Å². The summed E-state index contributed by atoms with van der Waals surface area (Å²) in [7, 11) is -0.231. The maximum absolute atomic E-state index is 11.9. The van der Waals surface area contributed by atoms with Crippen LogP contribution in [0, 0.1) is 0 Å². The second-order valence-electron chi connectivity index (χ2n) is 4.05. The normalized spacial score (nSPS) is 12.3. The highest BCUT2D eigenvalue weighted by Gasteiger charge is 2.18. The van der Waals surface area contributed by atoms with Crippen molar-refractivity contribution in [3.05, 3.63) is 18.0 Å². The molecule has 17 heavy (non-hydrogen) atoms. The van der Waals surface area contributed by atoms with E-state index in [1.807, 2.05) is 11.5 Å². The van der Waals surface area contributed by atoms with Gasteiger partial charge in [-0.1, -0.05) is 6.92 Å². The SMILES string of the molecule is CCCn1cc(S(=O)(=O)NN(C)C)cc1CN. The van der Waals surface area contributed by atoms with Crippen LogP contribution in [0.1, 0.15) is 19.0 Å². The molecule has 0 unspecified atom stereocenters. The van der Waals surface area contributed by atoms with Gasteiger partial charge in [-0.05, 0) is 12.5 Å². The van der Waals surface area contributed by atoms with Crippen molar-refractivity contribution >= 4 is 10.0 Å². The van der Waals surface area contributed by atoms with E-state index in [1.165, 1.54) is 5.01 Å². The van der Waals surface area contributed by atoms with Crippen molar-refractivity contribution in [2.45, 2.75) is 31.3 Å². The van der Waals surface area contributed by atoms with E-state index in [4.69, 9.17) is 5.73 Å². The minimum Gasteiger partial charge on any atom is -0.349 e. The standard InChI is InChI=1S/C10H20N4O2S/c1-4-5-14-8-10(6-9(14)7-11)17(15,16)12-13(2)3/h6,8,12H,4-5,7,11H2,1-3H3. The van der Waals surface area contributed by atoms with Crippen LogP contribution in [0.5, 0.6) is 0 Å². The van der Waals surface area contributed by atoms with E-state index in [1.54, 1.807) is 26.4 Å². The van der Waals surface area contributed by atoms with Crippen LogP contribution in [0.15, 0.2) is 17.2 Å². The lowest BCUT2D eigenvalue weighted by atomic mass is 10.4. The number of nitrogens with two attached hydrogens (primary N) is 1. The molecule has 0 saturated heterocycles. The van der Waals surface area contributed by atoms with Gasteiger partial charge in [0.1, 0.15) is 4.90 Å². The highest BCUT2D eigenvalue weighted by Crippen LogP contribution is 2.14. The van der Waals surface area contributed by atoms with Crippen LogP contribution < -0.4 is 10.6 Å². The number of nitrogens with one attached hydrogen (secondary N) is 1. The Bertz CT molecular complexity index is 465. The van der Waals surface area contributed by atoms with Gasteiger partial charge in [0.05, 0.1) is 0 Å². The summed E-state index contributed by atoms with van der Waals surface area (Å²) in [6, 6.07) is 1.61. The number of aryl methyl sites for hydroxylation is 1. The molecular formula is C10H20N4O2S. The predicted molar refractivity (Wildman–Crippen MR) is 66.6 cm³/mol. The van der Waals surface area contributed by atoms with Gasteiger partial charge < -0.3 is 10.3 Å². The van der Waals surface area contributed by atoms with E-state index in [2.05, 4.69) is 4.83 Å². The summed E-state index contributed by atoms with van der Waals surface area (Å²) in [6.45, 7) is 3.13. The number of sulfonamides is 1. The number of hydrogen-bond acceptors (Lipinski definition) is 4. The fraction of sp³-hybridized carbons (Fsp3) is 0.600. The van der Waals surface area contributed by atoms with Crippen LogP contribution in [-0.4, -0.2) is 32.1 Å². The molecule has 98 valence electrons. The molecule has 0 fully saturated rings. The molecule has 1 aromatic heterocycles. The monoisotopic (exact) mass is 260 g/mol. The average Bonchev–Trinajstić information content (AvgIpc) is 2.60. The Morgan fingerprint density at radius 1 is 1.47 bits per heavy atom. The number of rotatable bonds is 6. The van der Waals surface area contributed by atoms with Crippen molar-refractivity contribution < 1.29 is 8.42 Å². The van der Waals surface area contributed by atoms with E-state index in [0.717, 1.165) is 18.7 Å². The summed E-state index contributed by atoms with van der Waals surface area (Å²) >= 11 is 0. The smallest absolute Gasteiger partial charge is 0.254 e. The van der Waals surface area contributed by atoms with Gasteiger partial charge in [0.15, 0.2) is 0 Å². The first-order valence-electron chi connectivity index (χ1n) is 5.49. The molecule has 0 aromatic carbocycles. The van der Waals surface area contributed by atoms with Gasteiger partial charge in [-0.2, -0.15) is 0 Å². The molecule has 0 aliphatic rings. The fourth-order valence-corrected chi connectivity index (χ4v) is 2.73. The quantitative estimate of drug-likeness (QED) is 0.712. The van der Waals surface area contributed by atoms with Gasteiger partial charge >= 0.3 is 0 Å². The Hall–Kier alpha value is -0.890. The summed E-state index contributed by atoms with van der Waals surface area (Å²) < 4.78 is 25.7. The van der Waals surface area contributed by atoms with Crippen molar-refractivity contribution in [3.8, 4) is 0 Å². The van der Waals surface area contributed by atoms with Crippen molar-refractivity contribution in [1.82, 2.24) is 14.4 Å². The van der Waals surface area contributed by atoms with Crippen molar-refractivity contribution in [2.75, 3.05) is 14.1 Å². The molecule has 0 bridgehead atoms. The third-order valence-electron chi connectivity index (χ3n) is 2.25. The lowest BCUT2D eigenvalue weighted by molar-refractivity contribution is 0.364. The summed E-state index contributed by atoms with van der Waals surface area (Å²) in [5.74, 6) is 0. The molecule has 0 aliphatic carbocycles. The van der Waals surface area contributed by atoms with Gasteiger partial charge in [-0.25, -0.2) is 13.4 Å². The lowest BCUT2D eigenvalue weighted by Crippen LogP contribution is -2.35. The average molecular weight is 260 g/mol. The van der Waals surface area contributed by atoms with E-state index in [0.29, 0.717) is 6.54 Å². The van der Waals surface area contributed by atoms with Crippen LogP contribution in [0.2, 0.25) is 0 Å². The van der Waals surface area contributed by atoms with Gasteiger partial charge in [0.25, 0.3) is 10.0 Å². The number of hydrogen-bond donors (Lipinski definition) is 2. The van der Waals surface area contributed by atoms with Crippen molar-refractivity contribution in [1.29, 1.82) is 0 Å². The molecule has 7 heteroatoms. The van der Waals surface area contributed by atoms with Crippen molar-refractivity contribution in [3.63, 3.8) is 0 Å². The van der Waals surface area contributed by atoms with E-state index in [9.17, 15) is 8.42 Å². The molecule has 0 saturated carbocycles. The third kappa shape index (κ3) is 3.53. The maximum atomic E-state index is 11.9. The van der Waals surface area contributed by atoms with Crippen LogP contribution >= 0.6 is 0 Å². The van der Waals surface area contributed by atoms with Gasteiger partial charge in [-0.3, -0.25) is 0 Å². The molecule has 0 spiro atoms. The second kappa shape index (κ2) is 5.63. The van der Waals surface area contributed by atoms with Crippen LogP contribution in [0.3, 0.4) is 0 Å². The molecular weight excluding hydrogens is 240 g/mol. The second-order valence-corrected chi connectivity index (χ2v) is 5.71. The topological polar surface area (TPSA) is 80.4 Å². The Balaban J connectivity index is 3.07. The first-order valence-corrected chi connectivity index (χ1v) is 6.98. The molecule has 0 atom stereocenters. The highest BCUT2D eigenvalue weighted by molar-refractivity contribution is 7.89.